The predicted molar refractivity (Wildman–Crippen MR) is 86.6 cm³/mol. The molecule has 0 radical (unpaired) electrons. The largest absolute Gasteiger partial charge is 0.483 e. The Hall–Kier alpha value is -2.05. The second-order valence-electron chi connectivity index (χ2n) is 4.91. The van der Waals surface area contributed by atoms with E-state index in [1.165, 1.54) is 18.2 Å². The molecule has 0 heterocycles. The number of aldehydes is 1. The van der Waals surface area contributed by atoms with E-state index in [9.17, 15) is 13.2 Å². The lowest BCUT2D eigenvalue weighted by atomic mass is 10.2. The van der Waals surface area contributed by atoms with Crippen LogP contribution in [0.25, 0.3) is 0 Å². The standard InChI is InChI=1S/C16H15ClO5S/c1-11-7-13(21-12(2)10-18)9-14(8-11)22-23(19,20)16-6-4-3-5-15(16)17/h3-10,12H,1-2H3. The number of halogens is 1. The molecule has 7 heteroatoms. The molecule has 0 aliphatic rings. The van der Waals surface area contributed by atoms with Crippen molar-refractivity contribution >= 4 is 28.0 Å². The summed E-state index contributed by atoms with van der Waals surface area (Å²) >= 11 is 5.90. The highest BCUT2D eigenvalue weighted by Gasteiger charge is 2.20. The minimum Gasteiger partial charge on any atom is -0.483 e. The summed E-state index contributed by atoms with van der Waals surface area (Å²) in [5.74, 6) is 0.423. The van der Waals surface area contributed by atoms with Gasteiger partial charge in [0, 0.05) is 6.07 Å². The molecule has 0 fully saturated rings. The molecule has 0 spiro atoms. The molecule has 5 nitrogen and oxygen atoms in total. The molecule has 2 rings (SSSR count). The van der Waals surface area contributed by atoms with Gasteiger partial charge in [-0.25, -0.2) is 0 Å². The molecule has 2 aromatic rings. The normalized spacial score (nSPS) is 12.5. The average Bonchev–Trinajstić information content (AvgIpc) is 2.46. The summed E-state index contributed by atoms with van der Waals surface area (Å²) in [7, 11) is -4.07. The van der Waals surface area contributed by atoms with Crippen molar-refractivity contribution in [2.45, 2.75) is 24.8 Å². The number of carbonyl (C=O) groups is 1. The molecule has 0 bridgehead atoms. The lowest BCUT2D eigenvalue weighted by Gasteiger charge is -2.13. The van der Waals surface area contributed by atoms with Gasteiger partial charge in [-0.3, -0.25) is 4.79 Å². The molecule has 0 aliphatic carbocycles. The first-order valence-corrected chi connectivity index (χ1v) is 8.53. The van der Waals surface area contributed by atoms with E-state index in [1.54, 1.807) is 38.1 Å². The highest BCUT2D eigenvalue weighted by molar-refractivity contribution is 7.87. The Kier molecular flexibility index (Phi) is 5.28. The van der Waals surface area contributed by atoms with Gasteiger partial charge >= 0.3 is 10.1 Å². The van der Waals surface area contributed by atoms with Crippen LogP contribution in [-0.4, -0.2) is 20.8 Å². The van der Waals surface area contributed by atoms with Crippen molar-refractivity contribution in [3.05, 3.63) is 53.1 Å². The number of rotatable bonds is 6. The second-order valence-corrected chi connectivity index (χ2v) is 6.83. The van der Waals surface area contributed by atoms with Gasteiger partial charge in [0.25, 0.3) is 0 Å². The number of hydrogen-bond acceptors (Lipinski definition) is 5. The summed E-state index contributed by atoms with van der Waals surface area (Å²) in [5, 5.41) is 0.0752. The SMILES string of the molecule is Cc1cc(OC(C)C=O)cc(OS(=O)(=O)c2ccccc2Cl)c1. The Bertz CT molecular complexity index is 817. The third-order valence-corrected chi connectivity index (χ3v) is 4.60. The molecule has 0 aromatic heterocycles. The monoisotopic (exact) mass is 354 g/mol. The van der Waals surface area contributed by atoms with Crippen molar-refractivity contribution in [2.75, 3.05) is 0 Å². The molecular weight excluding hydrogens is 340 g/mol. The fourth-order valence-electron chi connectivity index (χ4n) is 1.89. The first kappa shape index (κ1) is 17.3. The Labute approximate surface area is 139 Å². The maximum absolute atomic E-state index is 12.3. The minimum atomic E-state index is -4.07. The fraction of sp³-hybridized carbons (Fsp3) is 0.188. The smallest absolute Gasteiger partial charge is 0.340 e. The molecule has 0 aliphatic heterocycles. The minimum absolute atomic E-state index is 0.0752. The van der Waals surface area contributed by atoms with Gasteiger partial charge in [-0.1, -0.05) is 23.7 Å². The van der Waals surface area contributed by atoms with Gasteiger partial charge in [0.05, 0.1) is 5.02 Å². The van der Waals surface area contributed by atoms with Crippen molar-refractivity contribution < 1.29 is 22.1 Å². The van der Waals surface area contributed by atoms with Crippen LogP contribution in [0.5, 0.6) is 11.5 Å². The van der Waals surface area contributed by atoms with E-state index in [1.807, 2.05) is 0 Å². The highest BCUT2D eigenvalue weighted by Crippen LogP contribution is 2.28. The van der Waals surface area contributed by atoms with Gasteiger partial charge in [0.15, 0.2) is 12.4 Å². The molecule has 0 amide bonds. The molecule has 0 saturated carbocycles. The molecule has 23 heavy (non-hydrogen) atoms. The van der Waals surface area contributed by atoms with Gasteiger partial charge in [0.1, 0.15) is 16.4 Å². The van der Waals surface area contributed by atoms with E-state index in [0.717, 1.165) is 5.56 Å². The van der Waals surface area contributed by atoms with Crippen molar-refractivity contribution in [1.82, 2.24) is 0 Å². The summed E-state index contributed by atoms with van der Waals surface area (Å²) in [6.45, 7) is 3.34. The third-order valence-electron chi connectivity index (χ3n) is 2.85. The van der Waals surface area contributed by atoms with E-state index in [0.29, 0.717) is 12.0 Å². The Balaban J connectivity index is 2.32. The van der Waals surface area contributed by atoms with Gasteiger partial charge in [-0.05, 0) is 43.7 Å². The lowest BCUT2D eigenvalue weighted by molar-refractivity contribution is -0.113. The van der Waals surface area contributed by atoms with E-state index in [2.05, 4.69) is 0 Å². The van der Waals surface area contributed by atoms with Crippen molar-refractivity contribution in [1.29, 1.82) is 0 Å². The lowest BCUT2D eigenvalue weighted by Crippen LogP contribution is -2.13. The van der Waals surface area contributed by atoms with Crippen LogP contribution in [0, 0.1) is 6.92 Å². The van der Waals surface area contributed by atoms with Gasteiger partial charge in [-0.15, -0.1) is 0 Å². The van der Waals surface area contributed by atoms with Gasteiger partial charge < -0.3 is 8.92 Å². The highest BCUT2D eigenvalue weighted by atomic mass is 35.5. The molecule has 0 N–H and O–H groups in total. The third kappa shape index (κ3) is 4.46. The maximum Gasteiger partial charge on any atom is 0.340 e. The molecule has 0 saturated heterocycles. The predicted octanol–water partition coefficient (Wildman–Crippen LogP) is 3.38. The second kappa shape index (κ2) is 7.02. The quantitative estimate of drug-likeness (QED) is 0.587. The zero-order valence-electron chi connectivity index (χ0n) is 12.5. The summed E-state index contributed by atoms with van der Waals surface area (Å²) in [4.78, 5) is 10.5. The summed E-state index contributed by atoms with van der Waals surface area (Å²) in [5.41, 5.74) is 0.727. The summed E-state index contributed by atoms with van der Waals surface area (Å²) in [6, 6.07) is 10.6. The summed E-state index contributed by atoms with van der Waals surface area (Å²) in [6.07, 6.45) is -0.00610. The van der Waals surface area contributed by atoms with Crippen molar-refractivity contribution in [3.63, 3.8) is 0 Å². The van der Waals surface area contributed by atoms with Crippen molar-refractivity contribution in [2.24, 2.45) is 0 Å². The molecule has 2 aromatic carbocycles. The van der Waals surface area contributed by atoms with Crippen molar-refractivity contribution in [3.8, 4) is 11.5 Å². The van der Waals surface area contributed by atoms with Crippen LogP contribution < -0.4 is 8.92 Å². The number of ether oxygens (including phenoxy) is 1. The fourth-order valence-corrected chi connectivity index (χ4v) is 3.30. The first-order chi connectivity index (χ1) is 10.8. The van der Waals surface area contributed by atoms with E-state index in [4.69, 9.17) is 20.5 Å². The number of hydrogen-bond donors (Lipinski definition) is 0. The Morgan fingerprint density at radius 1 is 1.13 bits per heavy atom. The maximum atomic E-state index is 12.3. The van der Waals surface area contributed by atoms with Crippen LogP contribution >= 0.6 is 11.6 Å². The first-order valence-electron chi connectivity index (χ1n) is 6.74. The molecule has 1 unspecified atom stereocenters. The van der Waals surface area contributed by atoms with Crippen LogP contribution in [0.15, 0.2) is 47.4 Å². The Morgan fingerprint density at radius 2 is 1.78 bits per heavy atom. The zero-order valence-corrected chi connectivity index (χ0v) is 14.1. The average molecular weight is 355 g/mol. The number of aryl methyl sites for hydroxylation is 1. The van der Waals surface area contributed by atoms with Gasteiger partial charge in [-0.2, -0.15) is 8.42 Å². The van der Waals surface area contributed by atoms with E-state index >= 15 is 0 Å². The Morgan fingerprint density at radius 3 is 2.43 bits per heavy atom. The van der Waals surface area contributed by atoms with Crippen LogP contribution in [-0.2, 0) is 14.9 Å². The summed E-state index contributed by atoms with van der Waals surface area (Å²) < 4.78 is 35.1. The van der Waals surface area contributed by atoms with Crippen LogP contribution in [0.2, 0.25) is 5.02 Å². The molecular formula is C16H15ClO5S. The van der Waals surface area contributed by atoms with Crippen LogP contribution in [0.4, 0.5) is 0 Å². The van der Waals surface area contributed by atoms with E-state index in [-0.39, 0.29) is 15.7 Å². The number of benzene rings is 2. The topological polar surface area (TPSA) is 69.7 Å². The number of carbonyl (C=O) groups excluding carboxylic acids is 1. The van der Waals surface area contributed by atoms with Crippen LogP contribution in [0.3, 0.4) is 0 Å². The van der Waals surface area contributed by atoms with Gasteiger partial charge in [0.2, 0.25) is 0 Å². The zero-order chi connectivity index (χ0) is 17.0. The van der Waals surface area contributed by atoms with Crippen LogP contribution in [0.1, 0.15) is 12.5 Å². The molecule has 1 atom stereocenters. The molecule has 122 valence electrons. The van der Waals surface area contributed by atoms with E-state index < -0.39 is 16.2 Å².